The molecule has 2 amide bonds. The second-order valence-corrected chi connectivity index (χ2v) is 8.56. The fourth-order valence-corrected chi connectivity index (χ4v) is 5.00. The molecule has 4 heteroatoms. The van der Waals surface area contributed by atoms with Crippen LogP contribution in [0.2, 0.25) is 0 Å². The Hall–Kier alpha value is -3.08. The van der Waals surface area contributed by atoms with Gasteiger partial charge >= 0.3 is 11.8 Å². The molecule has 1 aliphatic carbocycles. The number of imide groups is 1. The molecule has 3 aromatic carbocycles. The molecular weight excluding hydrogens is 372 g/mol. The van der Waals surface area contributed by atoms with E-state index < -0.39 is 0 Å². The van der Waals surface area contributed by atoms with Crippen LogP contribution in [0.15, 0.2) is 72.8 Å². The number of carbonyl (C=O) groups excluding carboxylic acids is 2. The van der Waals surface area contributed by atoms with Crippen molar-refractivity contribution in [3.05, 3.63) is 101 Å². The number of fused-ring (bicyclic) bond motifs is 2. The molecule has 1 heterocycles. The number of rotatable bonds is 3. The zero-order chi connectivity index (χ0) is 20.9. The summed E-state index contributed by atoms with van der Waals surface area (Å²) in [5, 5.41) is 0. The minimum atomic E-state index is -0.338. The van der Waals surface area contributed by atoms with Crippen LogP contribution in [0.4, 0.5) is 5.69 Å². The van der Waals surface area contributed by atoms with Gasteiger partial charge in [-0.3, -0.25) is 0 Å². The van der Waals surface area contributed by atoms with Gasteiger partial charge in [-0.2, -0.15) is 4.48 Å². The number of aryl methyl sites for hydroxylation is 1. The Morgan fingerprint density at radius 1 is 0.900 bits per heavy atom. The fraction of sp³-hybridized carbons (Fsp3) is 0.231. The number of carbonyl (C=O) groups is 2. The van der Waals surface area contributed by atoms with Crippen molar-refractivity contribution in [3.8, 4) is 0 Å². The molecule has 0 radical (unpaired) electrons. The highest BCUT2D eigenvalue weighted by molar-refractivity contribution is 6.29. The van der Waals surface area contributed by atoms with E-state index in [4.69, 9.17) is 5.73 Å². The fourth-order valence-electron chi connectivity index (χ4n) is 5.00. The van der Waals surface area contributed by atoms with Crippen molar-refractivity contribution < 1.29 is 9.59 Å². The Bertz CT molecular complexity index is 1120. The van der Waals surface area contributed by atoms with Crippen molar-refractivity contribution in [2.75, 3.05) is 7.05 Å². The molecule has 5 rings (SSSR count). The summed E-state index contributed by atoms with van der Waals surface area (Å²) < 4.78 is -0.338. The number of nitrogens with zero attached hydrogens (tertiary/aromatic N) is 1. The second-order valence-electron chi connectivity index (χ2n) is 8.56. The van der Waals surface area contributed by atoms with Gasteiger partial charge in [-0.1, -0.05) is 48.5 Å². The van der Waals surface area contributed by atoms with Gasteiger partial charge in [0.1, 0.15) is 5.69 Å². The lowest BCUT2D eigenvalue weighted by molar-refractivity contribution is 0.0698. The van der Waals surface area contributed by atoms with Gasteiger partial charge in [0.15, 0.2) is 0 Å². The molecule has 2 atom stereocenters. The van der Waals surface area contributed by atoms with Crippen LogP contribution in [0.5, 0.6) is 0 Å². The van der Waals surface area contributed by atoms with Crippen LogP contribution in [-0.4, -0.2) is 18.9 Å². The Labute approximate surface area is 176 Å². The number of quaternary nitrogens is 1. The molecule has 150 valence electrons. The number of benzene rings is 3. The standard InChI is InChI=1S/C26H25N2O2/c1-28(25(29)22-9-5-6-10-23(22)26(28)30)20-13-14-21-18(16-20)11-12-19(24(21)27)15-17-7-3-2-4-8-17/h2-10,13-14,16,19,24H,11-12,15,27H2,1H3/q+1. The Morgan fingerprint density at radius 3 is 2.20 bits per heavy atom. The van der Waals surface area contributed by atoms with E-state index in [2.05, 4.69) is 24.3 Å². The summed E-state index contributed by atoms with van der Waals surface area (Å²) in [4.78, 5) is 26.3. The molecule has 0 aromatic heterocycles. The molecule has 2 aliphatic rings. The quantitative estimate of drug-likeness (QED) is 0.526. The Kier molecular flexibility index (Phi) is 4.42. The maximum absolute atomic E-state index is 13.1. The maximum Gasteiger partial charge on any atom is 0.359 e. The van der Waals surface area contributed by atoms with Crippen molar-refractivity contribution in [2.45, 2.75) is 25.3 Å². The van der Waals surface area contributed by atoms with E-state index in [9.17, 15) is 9.59 Å². The van der Waals surface area contributed by atoms with Crippen molar-refractivity contribution in [1.82, 2.24) is 4.48 Å². The van der Waals surface area contributed by atoms with Crippen LogP contribution in [0.3, 0.4) is 0 Å². The molecule has 0 saturated heterocycles. The Balaban J connectivity index is 1.46. The number of hydrogen-bond acceptors (Lipinski definition) is 3. The molecule has 4 nitrogen and oxygen atoms in total. The van der Waals surface area contributed by atoms with E-state index in [1.807, 2.05) is 24.3 Å². The monoisotopic (exact) mass is 397 g/mol. The van der Waals surface area contributed by atoms with Crippen molar-refractivity contribution >= 4 is 17.5 Å². The van der Waals surface area contributed by atoms with Crippen molar-refractivity contribution in [1.29, 1.82) is 0 Å². The highest BCUT2D eigenvalue weighted by atomic mass is 16.2. The first-order valence-corrected chi connectivity index (χ1v) is 10.5. The lowest BCUT2D eigenvalue weighted by Gasteiger charge is -2.32. The topological polar surface area (TPSA) is 60.2 Å². The Morgan fingerprint density at radius 2 is 1.53 bits per heavy atom. The van der Waals surface area contributed by atoms with Crippen molar-refractivity contribution in [2.24, 2.45) is 11.7 Å². The zero-order valence-corrected chi connectivity index (χ0v) is 17.0. The predicted molar refractivity (Wildman–Crippen MR) is 118 cm³/mol. The third kappa shape index (κ3) is 2.76. The van der Waals surface area contributed by atoms with Gasteiger partial charge in [-0.05, 0) is 54.0 Å². The minimum absolute atomic E-state index is 0.0458. The lowest BCUT2D eigenvalue weighted by Crippen LogP contribution is -2.50. The van der Waals surface area contributed by atoms with Gasteiger partial charge in [-0.25, -0.2) is 9.59 Å². The van der Waals surface area contributed by atoms with Gasteiger partial charge in [0.2, 0.25) is 0 Å². The van der Waals surface area contributed by atoms with Gasteiger partial charge in [0.05, 0.1) is 18.2 Å². The molecule has 2 N–H and O–H groups in total. The average molecular weight is 397 g/mol. The second kappa shape index (κ2) is 7.01. The molecular formula is C26H25N2O2+. The van der Waals surface area contributed by atoms with Gasteiger partial charge < -0.3 is 5.73 Å². The van der Waals surface area contributed by atoms with Crippen LogP contribution < -0.4 is 10.2 Å². The van der Waals surface area contributed by atoms with Crippen LogP contribution in [-0.2, 0) is 12.8 Å². The van der Waals surface area contributed by atoms with Crippen molar-refractivity contribution in [3.63, 3.8) is 0 Å². The SMILES string of the molecule is C[N+]1(c2ccc3c(c2)CCC(Cc2ccccc2)C3N)C(=O)c2ccccc2C1=O. The third-order valence-electron chi connectivity index (χ3n) is 6.84. The third-order valence-corrected chi connectivity index (χ3v) is 6.84. The first-order chi connectivity index (χ1) is 14.5. The summed E-state index contributed by atoms with van der Waals surface area (Å²) in [5.74, 6) is 0.0463. The molecule has 1 aliphatic heterocycles. The van der Waals surface area contributed by atoms with Gasteiger partial charge in [0.25, 0.3) is 0 Å². The van der Waals surface area contributed by atoms with E-state index in [1.165, 1.54) is 5.56 Å². The van der Waals surface area contributed by atoms with E-state index in [0.717, 1.165) is 30.4 Å². The van der Waals surface area contributed by atoms with E-state index in [1.54, 1.807) is 31.3 Å². The molecule has 0 bridgehead atoms. The van der Waals surface area contributed by atoms with Gasteiger partial charge in [0, 0.05) is 18.2 Å². The van der Waals surface area contributed by atoms with Crippen LogP contribution in [0.25, 0.3) is 0 Å². The smallest absolute Gasteiger partial charge is 0.324 e. The normalized spacial score (nSPS) is 21.9. The summed E-state index contributed by atoms with van der Waals surface area (Å²) in [6.07, 6.45) is 2.87. The molecule has 3 aromatic rings. The van der Waals surface area contributed by atoms with E-state index in [0.29, 0.717) is 22.7 Å². The first kappa shape index (κ1) is 18.9. The van der Waals surface area contributed by atoms with Crippen LogP contribution in [0.1, 0.15) is 49.9 Å². The predicted octanol–water partition coefficient (Wildman–Crippen LogP) is 4.42. The zero-order valence-electron chi connectivity index (χ0n) is 17.0. The summed E-state index contributed by atoms with van der Waals surface area (Å²) in [5.41, 5.74) is 12.0. The van der Waals surface area contributed by atoms with E-state index in [-0.39, 0.29) is 22.3 Å². The highest BCUT2D eigenvalue weighted by Gasteiger charge is 2.52. The highest BCUT2D eigenvalue weighted by Crippen LogP contribution is 2.40. The maximum atomic E-state index is 13.1. The number of amides is 2. The largest absolute Gasteiger partial charge is 0.359 e. The molecule has 0 fully saturated rings. The summed E-state index contributed by atoms with van der Waals surface area (Å²) >= 11 is 0. The minimum Gasteiger partial charge on any atom is -0.324 e. The molecule has 0 saturated carbocycles. The summed E-state index contributed by atoms with van der Waals surface area (Å²) in [7, 11) is 1.70. The molecule has 0 spiro atoms. The number of nitrogens with two attached hydrogens (primary N) is 1. The first-order valence-electron chi connectivity index (χ1n) is 10.5. The van der Waals surface area contributed by atoms with Gasteiger partial charge in [-0.15, -0.1) is 0 Å². The molecule has 2 unspecified atom stereocenters. The summed E-state index contributed by atoms with van der Waals surface area (Å²) in [6.45, 7) is 0. The van der Waals surface area contributed by atoms with Crippen LogP contribution >= 0.6 is 0 Å². The van der Waals surface area contributed by atoms with E-state index >= 15 is 0 Å². The lowest BCUT2D eigenvalue weighted by atomic mass is 9.77. The molecule has 30 heavy (non-hydrogen) atoms. The average Bonchev–Trinajstić information content (AvgIpc) is 2.98. The van der Waals surface area contributed by atoms with Crippen LogP contribution in [0, 0.1) is 5.92 Å². The number of hydrogen-bond donors (Lipinski definition) is 1. The summed E-state index contributed by atoms with van der Waals surface area (Å²) in [6, 6.07) is 23.5.